The van der Waals surface area contributed by atoms with Crippen molar-refractivity contribution in [2.45, 2.75) is 32.8 Å². The quantitative estimate of drug-likeness (QED) is 0.789. The number of ether oxygens (including phenoxy) is 1. The van der Waals surface area contributed by atoms with Crippen molar-refractivity contribution < 1.29 is 14.3 Å². The molecule has 0 bridgehead atoms. The maximum atomic E-state index is 12.1. The number of anilines is 1. The summed E-state index contributed by atoms with van der Waals surface area (Å²) in [5.74, 6) is 0.0659. The minimum absolute atomic E-state index is 0.0659. The minimum Gasteiger partial charge on any atom is -0.446 e. The van der Waals surface area contributed by atoms with Gasteiger partial charge in [0.1, 0.15) is 0 Å². The van der Waals surface area contributed by atoms with Gasteiger partial charge >= 0.3 is 6.09 Å². The van der Waals surface area contributed by atoms with Crippen LogP contribution in [0.2, 0.25) is 0 Å². The number of fused-ring (bicyclic) bond motifs is 1. The van der Waals surface area contributed by atoms with Crippen molar-refractivity contribution in [2.75, 3.05) is 11.4 Å². The van der Waals surface area contributed by atoms with Crippen molar-refractivity contribution in [1.29, 1.82) is 0 Å². The van der Waals surface area contributed by atoms with E-state index in [-0.39, 0.29) is 11.9 Å². The molecular formula is C14H16BrNO3. The van der Waals surface area contributed by atoms with E-state index in [0.29, 0.717) is 30.6 Å². The van der Waals surface area contributed by atoms with E-state index in [1.54, 1.807) is 17.0 Å². The van der Waals surface area contributed by atoms with Crippen molar-refractivity contribution in [2.24, 2.45) is 0 Å². The summed E-state index contributed by atoms with van der Waals surface area (Å²) in [6.45, 7) is 4.12. The van der Waals surface area contributed by atoms with Crippen LogP contribution in [0.1, 0.15) is 37.0 Å². The third-order valence-electron chi connectivity index (χ3n) is 2.89. The largest absolute Gasteiger partial charge is 0.446 e. The van der Waals surface area contributed by atoms with Crippen LogP contribution in [0.3, 0.4) is 0 Å². The Labute approximate surface area is 120 Å². The first kappa shape index (κ1) is 14.1. The van der Waals surface area contributed by atoms with Crippen molar-refractivity contribution in [1.82, 2.24) is 0 Å². The van der Waals surface area contributed by atoms with Crippen LogP contribution in [0, 0.1) is 0 Å². The number of halogens is 1. The Morgan fingerprint density at radius 1 is 1.42 bits per heavy atom. The van der Waals surface area contributed by atoms with Crippen LogP contribution in [-0.2, 0) is 4.74 Å². The summed E-state index contributed by atoms with van der Waals surface area (Å²) in [7, 11) is 0. The predicted molar refractivity (Wildman–Crippen MR) is 76.7 cm³/mol. The van der Waals surface area contributed by atoms with Gasteiger partial charge in [-0.05, 0) is 38.5 Å². The van der Waals surface area contributed by atoms with E-state index in [2.05, 4.69) is 15.9 Å². The number of amides is 1. The Balaban J connectivity index is 2.39. The highest BCUT2D eigenvalue weighted by Gasteiger charge is 2.26. The first-order valence-electron chi connectivity index (χ1n) is 6.30. The second-order valence-corrected chi connectivity index (χ2v) is 5.69. The molecule has 1 aromatic carbocycles. The second kappa shape index (κ2) is 5.74. The van der Waals surface area contributed by atoms with Gasteiger partial charge in [0.15, 0.2) is 5.78 Å². The second-order valence-electron chi connectivity index (χ2n) is 4.77. The lowest BCUT2D eigenvalue weighted by atomic mass is 10.1. The third-order valence-corrected chi connectivity index (χ3v) is 3.39. The molecule has 102 valence electrons. The summed E-state index contributed by atoms with van der Waals surface area (Å²) in [4.78, 5) is 25.7. The van der Waals surface area contributed by atoms with Crippen LogP contribution in [0.5, 0.6) is 0 Å². The van der Waals surface area contributed by atoms with Gasteiger partial charge in [0.05, 0.1) is 11.8 Å². The lowest BCUT2D eigenvalue weighted by Crippen LogP contribution is -2.33. The lowest BCUT2D eigenvalue weighted by molar-refractivity contribution is 0.0983. The van der Waals surface area contributed by atoms with Crippen molar-refractivity contribution in [3.05, 3.63) is 28.2 Å². The van der Waals surface area contributed by atoms with E-state index in [4.69, 9.17) is 4.74 Å². The molecule has 19 heavy (non-hydrogen) atoms. The number of carbonyl (C=O) groups is 2. The zero-order valence-corrected chi connectivity index (χ0v) is 12.6. The predicted octanol–water partition coefficient (Wildman–Crippen LogP) is 3.78. The van der Waals surface area contributed by atoms with Crippen LogP contribution in [-0.4, -0.2) is 24.5 Å². The van der Waals surface area contributed by atoms with Crippen LogP contribution < -0.4 is 4.90 Å². The van der Waals surface area contributed by atoms with Crippen molar-refractivity contribution >= 4 is 33.5 Å². The fourth-order valence-corrected chi connectivity index (χ4v) is 2.44. The topological polar surface area (TPSA) is 46.6 Å². The first-order valence-corrected chi connectivity index (χ1v) is 7.09. The van der Waals surface area contributed by atoms with Crippen LogP contribution in [0.15, 0.2) is 22.7 Å². The van der Waals surface area contributed by atoms with Gasteiger partial charge in [-0.2, -0.15) is 0 Å². The summed E-state index contributed by atoms with van der Waals surface area (Å²) >= 11 is 3.35. The van der Waals surface area contributed by atoms with E-state index in [1.165, 1.54) is 0 Å². The summed E-state index contributed by atoms with van der Waals surface area (Å²) in [5.41, 5.74) is 1.21. The molecule has 0 radical (unpaired) electrons. The molecule has 0 saturated heterocycles. The average molecular weight is 326 g/mol. The molecule has 1 aliphatic rings. The number of hydrogen-bond donors (Lipinski definition) is 0. The monoisotopic (exact) mass is 325 g/mol. The Kier molecular flexibility index (Phi) is 4.24. The van der Waals surface area contributed by atoms with Crippen LogP contribution >= 0.6 is 15.9 Å². The minimum atomic E-state index is -0.395. The highest BCUT2D eigenvalue weighted by atomic mass is 79.9. The molecule has 0 aliphatic carbocycles. The van der Waals surface area contributed by atoms with Crippen molar-refractivity contribution in [3.63, 3.8) is 0 Å². The Hall–Kier alpha value is -1.36. The zero-order chi connectivity index (χ0) is 14.0. The molecule has 1 heterocycles. The molecule has 2 rings (SSSR count). The SMILES string of the molecule is CC(C)OC(=O)N1CCCC(=O)c2cc(Br)ccc21. The molecule has 0 unspecified atom stereocenters. The maximum absolute atomic E-state index is 12.1. The summed E-state index contributed by atoms with van der Waals surface area (Å²) < 4.78 is 6.06. The van der Waals surface area contributed by atoms with Gasteiger partial charge in [-0.15, -0.1) is 0 Å². The van der Waals surface area contributed by atoms with Gasteiger partial charge in [0.2, 0.25) is 0 Å². The van der Waals surface area contributed by atoms with Gasteiger partial charge in [0.25, 0.3) is 0 Å². The summed E-state index contributed by atoms with van der Waals surface area (Å²) in [6, 6.07) is 5.37. The smallest absolute Gasteiger partial charge is 0.414 e. The molecule has 0 spiro atoms. The fraction of sp³-hybridized carbons (Fsp3) is 0.429. The fourth-order valence-electron chi connectivity index (χ4n) is 2.07. The average Bonchev–Trinajstić information content (AvgIpc) is 2.48. The summed E-state index contributed by atoms with van der Waals surface area (Å²) in [6.07, 6.45) is 0.534. The third kappa shape index (κ3) is 3.15. The molecule has 0 saturated carbocycles. The maximum Gasteiger partial charge on any atom is 0.414 e. The van der Waals surface area contributed by atoms with E-state index >= 15 is 0 Å². The normalized spacial score (nSPS) is 15.2. The number of rotatable bonds is 1. The molecule has 0 fully saturated rings. The first-order chi connectivity index (χ1) is 8.99. The zero-order valence-electron chi connectivity index (χ0n) is 11.0. The van der Waals surface area contributed by atoms with Gasteiger partial charge in [-0.3, -0.25) is 9.69 Å². The summed E-state index contributed by atoms with van der Waals surface area (Å²) in [5, 5.41) is 0. The van der Waals surface area contributed by atoms with E-state index in [0.717, 1.165) is 4.47 Å². The van der Waals surface area contributed by atoms with Gasteiger partial charge in [0, 0.05) is 23.0 Å². The molecule has 0 atom stereocenters. The van der Waals surface area contributed by atoms with Crippen LogP contribution in [0.25, 0.3) is 0 Å². The van der Waals surface area contributed by atoms with E-state index in [9.17, 15) is 9.59 Å². The molecule has 0 aromatic heterocycles. The highest BCUT2D eigenvalue weighted by molar-refractivity contribution is 9.10. The molecule has 1 aromatic rings. The number of Topliss-reactive ketones (excluding diaryl/α,β-unsaturated/α-hetero) is 1. The molecular weight excluding hydrogens is 310 g/mol. The Morgan fingerprint density at radius 3 is 2.84 bits per heavy atom. The number of nitrogens with zero attached hydrogens (tertiary/aromatic N) is 1. The number of benzene rings is 1. The Morgan fingerprint density at radius 2 is 2.16 bits per heavy atom. The van der Waals surface area contributed by atoms with Gasteiger partial charge in [-0.25, -0.2) is 4.79 Å². The highest BCUT2D eigenvalue weighted by Crippen LogP contribution is 2.29. The van der Waals surface area contributed by atoms with E-state index < -0.39 is 6.09 Å². The van der Waals surface area contributed by atoms with Crippen LogP contribution in [0.4, 0.5) is 10.5 Å². The van der Waals surface area contributed by atoms with Gasteiger partial charge < -0.3 is 4.74 Å². The van der Waals surface area contributed by atoms with Crippen molar-refractivity contribution in [3.8, 4) is 0 Å². The number of ketones is 1. The molecule has 1 aliphatic heterocycles. The van der Waals surface area contributed by atoms with Gasteiger partial charge in [-0.1, -0.05) is 15.9 Å². The number of carbonyl (C=O) groups excluding carboxylic acids is 2. The lowest BCUT2D eigenvalue weighted by Gasteiger charge is -2.23. The molecule has 4 nitrogen and oxygen atoms in total. The van der Waals surface area contributed by atoms with E-state index in [1.807, 2.05) is 19.9 Å². The number of hydrogen-bond acceptors (Lipinski definition) is 3. The standard InChI is InChI=1S/C14H16BrNO3/c1-9(2)19-14(18)16-7-3-4-13(17)11-8-10(15)5-6-12(11)16/h5-6,8-9H,3-4,7H2,1-2H3. The molecule has 1 amide bonds. The molecule has 0 N–H and O–H groups in total. The molecule has 5 heteroatoms. The Bertz CT molecular complexity index is 513.